The van der Waals surface area contributed by atoms with Crippen molar-refractivity contribution in [3.63, 3.8) is 0 Å². The van der Waals surface area contributed by atoms with Crippen molar-refractivity contribution in [2.75, 3.05) is 25.9 Å². The predicted molar refractivity (Wildman–Crippen MR) is 84.1 cm³/mol. The number of aliphatic hydroxyl groups excluding tert-OH is 1. The maximum Gasteiger partial charge on any atom is 0.0682 e. The van der Waals surface area contributed by atoms with Crippen molar-refractivity contribution in [3.8, 4) is 0 Å². The molecule has 3 atom stereocenters. The van der Waals surface area contributed by atoms with Gasteiger partial charge in [-0.1, -0.05) is 12.1 Å². The summed E-state index contributed by atoms with van der Waals surface area (Å²) in [6, 6.07) is 10.0. The van der Waals surface area contributed by atoms with Gasteiger partial charge in [0.15, 0.2) is 0 Å². The fourth-order valence-corrected chi connectivity index (χ4v) is 3.87. The summed E-state index contributed by atoms with van der Waals surface area (Å²) in [6.45, 7) is 6.37. The van der Waals surface area contributed by atoms with Crippen LogP contribution < -0.4 is 0 Å². The topological polar surface area (TPSA) is 26.7 Å². The second-order valence-corrected chi connectivity index (χ2v) is 7.00. The molecule has 0 spiro atoms. The van der Waals surface area contributed by atoms with Crippen LogP contribution in [0.25, 0.3) is 0 Å². The molecule has 0 saturated carbocycles. The van der Waals surface area contributed by atoms with E-state index in [1.165, 1.54) is 10.5 Å². The van der Waals surface area contributed by atoms with Gasteiger partial charge in [0.25, 0.3) is 0 Å². The number of nitrogens with zero attached hydrogens (tertiary/aromatic N) is 2. The van der Waals surface area contributed by atoms with Gasteiger partial charge in [-0.2, -0.15) is 0 Å². The van der Waals surface area contributed by atoms with E-state index in [2.05, 4.69) is 47.2 Å². The zero-order chi connectivity index (χ0) is 14.1. The van der Waals surface area contributed by atoms with Gasteiger partial charge in [-0.25, -0.2) is 0 Å². The van der Waals surface area contributed by atoms with E-state index in [0.29, 0.717) is 12.1 Å². The molecule has 1 N–H and O–H groups in total. The van der Waals surface area contributed by atoms with Crippen molar-refractivity contribution in [1.82, 2.24) is 9.80 Å². The Bertz CT molecular complexity index is 450. The third-order valence-corrected chi connectivity index (χ3v) is 5.36. The lowest BCUT2D eigenvalue weighted by atomic mass is 10.1. The molecular formula is C16H24N2OS. The standard InChI is InChI=1S/C16H24N2OS/c1-12-8-18-11-15(19)7-14(18)10-17(12)9-13-3-5-16(20-2)6-4-13/h3-6,12,14-15,19H,7-11H2,1-2H3/t12-,14?,15-/m1/s1. The lowest BCUT2D eigenvalue weighted by Gasteiger charge is -2.42. The normalized spacial score (nSPS) is 31.4. The van der Waals surface area contributed by atoms with Crippen LogP contribution >= 0.6 is 11.8 Å². The molecule has 1 unspecified atom stereocenters. The van der Waals surface area contributed by atoms with Crippen LogP contribution in [-0.4, -0.2) is 59.0 Å². The minimum atomic E-state index is -0.118. The monoisotopic (exact) mass is 292 g/mol. The van der Waals surface area contributed by atoms with Gasteiger partial charge in [-0.15, -0.1) is 11.8 Å². The molecule has 0 bridgehead atoms. The molecule has 2 aliphatic heterocycles. The molecule has 2 heterocycles. The molecule has 4 heteroatoms. The van der Waals surface area contributed by atoms with E-state index >= 15 is 0 Å². The Morgan fingerprint density at radius 1 is 1.20 bits per heavy atom. The summed E-state index contributed by atoms with van der Waals surface area (Å²) >= 11 is 1.79. The van der Waals surface area contributed by atoms with E-state index in [-0.39, 0.29) is 6.10 Å². The zero-order valence-corrected chi connectivity index (χ0v) is 13.1. The molecule has 0 aromatic heterocycles. The maximum atomic E-state index is 9.82. The van der Waals surface area contributed by atoms with Crippen LogP contribution in [0.15, 0.2) is 29.2 Å². The second-order valence-electron chi connectivity index (χ2n) is 6.12. The van der Waals surface area contributed by atoms with Gasteiger partial charge in [-0.05, 0) is 37.3 Å². The molecule has 20 heavy (non-hydrogen) atoms. The first-order chi connectivity index (χ1) is 9.65. The Kier molecular flexibility index (Phi) is 4.36. The smallest absolute Gasteiger partial charge is 0.0682 e. The Labute approximate surface area is 126 Å². The van der Waals surface area contributed by atoms with Gasteiger partial charge in [0, 0.05) is 43.2 Å². The van der Waals surface area contributed by atoms with Crippen LogP contribution in [0.3, 0.4) is 0 Å². The minimum absolute atomic E-state index is 0.118. The first kappa shape index (κ1) is 14.4. The molecule has 2 fully saturated rings. The average molecular weight is 292 g/mol. The van der Waals surface area contributed by atoms with Crippen molar-refractivity contribution < 1.29 is 5.11 Å². The number of hydrogen-bond acceptors (Lipinski definition) is 4. The average Bonchev–Trinajstić information content (AvgIpc) is 2.79. The summed E-state index contributed by atoms with van der Waals surface area (Å²) in [6.07, 6.45) is 2.93. The van der Waals surface area contributed by atoms with Crippen molar-refractivity contribution in [3.05, 3.63) is 29.8 Å². The fraction of sp³-hybridized carbons (Fsp3) is 0.625. The number of hydrogen-bond donors (Lipinski definition) is 1. The highest BCUT2D eigenvalue weighted by Gasteiger charge is 2.37. The van der Waals surface area contributed by atoms with Crippen LogP contribution in [0.5, 0.6) is 0 Å². The van der Waals surface area contributed by atoms with Crippen molar-refractivity contribution in [2.24, 2.45) is 0 Å². The summed E-state index contributed by atoms with van der Waals surface area (Å²) < 4.78 is 0. The summed E-state index contributed by atoms with van der Waals surface area (Å²) in [5.74, 6) is 0. The van der Waals surface area contributed by atoms with Gasteiger partial charge in [0.1, 0.15) is 0 Å². The Morgan fingerprint density at radius 3 is 2.65 bits per heavy atom. The summed E-state index contributed by atoms with van der Waals surface area (Å²) in [7, 11) is 0. The van der Waals surface area contributed by atoms with Crippen molar-refractivity contribution in [1.29, 1.82) is 0 Å². The van der Waals surface area contributed by atoms with E-state index < -0.39 is 0 Å². The molecular weight excluding hydrogens is 268 g/mol. The molecule has 3 nitrogen and oxygen atoms in total. The van der Waals surface area contributed by atoms with Crippen molar-refractivity contribution in [2.45, 2.75) is 43.0 Å². The van der Waals surface area contributed by atoms with E-state index in [9.17, 15) is 5.11 Å². The van der Waals surface area contributed by atoms with Crippen LogP contribution in [-0.2, 0) is 6.54 Å². The second kappa shape index (κ2) is 6.06. The third-order valence-electron chi connectivity index (χ3n) is 4.62. The lowest BCUT2D eigenvalue weighted by molar-refractivity contribution is 0.0528. The van der Waals surface area contributed by atoms with Gasteiger partial charge in [-0.3, -0.25) is 9.80 Å². The van der Waals surface area contributed by atoms with Gasteiger partial charge in [0.05, 0.1) is 6.10 Å². The van der Waals surface area contributed by atoms with E-state index in [1.54, 1.807) is 11.8 Å². The molecule has 110 valence electrons. The molecule has 0 radical (unpaired) electrons. The molecule has 1 aromatic rings. The van der Waals surface area contributed by atoms with Crippen LogP contribution in [0, 0.1) is 0 Å². The van der Waals surface area contributed by atoms with E-state index in [4.69, 9.17) is 0 Å². The van der Waals surface area contributed by atoms with Gasteiger partial charge in [0.2, 0.25) is 0 Å². The number of rotatable bonds is 3. The lowest BCUT2D eigenvalue weighted by Crippen LogP contribution is -2.54. The molecule has 1 aromatic carbocycles. The summed E-state index contributed by atoms with van der Waals surface area (Å²) in [5, 5.41) is 9.82. The highest BCUT2D eigenvalue weighted by Crippen LogP contribution is 2.26. The number of piperazine rings is 1. The molecule has 3 rings (SSSR count). The quantitative estimate of drug-likeness (QED) is 0.863. The highest BCUT2D eigenvalue weighted by molar-refractivity contribution is 7.98. The van der Waals surface area contributed by atoms with Crippen molar-refractivity contribution >= 4 is 11.8 Å². The number of fused-ring (bicyclic) bond motifs is 1. The molecule has 2 aliphatic rings. The Hall–Kier alpha value is -0.550. The molecule has 0 aliphatic carbocycles. The maximum absolute atomic E-state index is 9.82. The van der Waals surface area contributed by atoms with Crippen LogP contribution in [0.2, 0.25) is 0 Å². The number of benzene rings is 1. The SMILES string of the molecule is CSc1ccc(CN2CC3C[C@@H](O)CN3C[C@H]2C)cc1. The largest absolute Gasteiger partial charge is 0.392 e. The third kappa shape index (κ3) is 3.03. The fourth-order valence-electron chi connectivity index (χ4n) is 3.46. The first-order valence-electron chi connectivity index (χ1n) is 7.45. The number of aliphatic hydroxyl groups is 1. The first-order valence-corrected chi connectivity index (χ1v) is 8.67. The van der Waals surface area contributed by atoms with Crippen LogP contribution in [0.4, 0.5) is 0 Å². The highest BCUT2D eigenvalue weighted by atomic mass is 32.2. The zero-order valence-electron chi connectivity index (χ0n) is 12.3. The van der Waals surface area contributed by atoms with Gasteiger partial charge >= 0.3 is 0 Å². The van der Waals surface area contributed by atoms with E-state index in [0.717, 1.165) is 32.6 Å². The molecule has 2 saturated heterocycles. The Balaban J connectivity index is 1.64. The minimum Gasteiger partial charge on any atom is -0.392 e. The van der Waals surface area contributed by atoms with E-state index in [1.807, 2.05) is 0 Å². The Morgan fingerprint density at radius 2 is 1.95 bits per heavy atom. The summed E-state index contributed by atoms with van der Waals surface area (Å²) in [5.41, 5.74) is 1.39. The predicted octanol–water partition coefficient (Wildman–Crippen LogP) is 2.05. The molecule has 0 amide bonds. The van der Waals surface area contributed by atoms with Crippen LogP contribution in [0.1, 0.15) is 18.9 Å². The summed E-state index contributed by atoms with van der Waals surface area (Å²) in [4.78, 5) is 6.35. The number of thioether (sulfide) groups is 1. The van der Waals surface area contributed by atoms with Gasteiger partial charge < -0.3 is 5.11 Å².